The minimum absolute atomic E-state index is 0.0336. The Morgan fingerprint density at radius 2 is 1.97 bits per heavy atom. The summed E-state index contributed by atoms with van der Waals surface area (Å²) in [5.74, 6) is 0.203. The SMILES string of the molecule is CCOc1cccc(NC(=O)/C(C#N)=C\c2cc(C)n(-c3cccc(Br)c3)c2C)c1. The highest BCUT2D eigenvalue weighted by Crippen LogP contribution is 2.25. The third-order valence-electron chi connectivity index (χ3n) is 4.60. The second kappa shape index (κ2) is 9.47. The number of aryl methyl sites for hydroxylation is 1. The molecule has 0 saturated carbocycles. The third kappa shape index (κ3) is 4.81. The molecular formula is C24H22BrN3O2. The quantitative estimate of drug-likeness (QED) is 0.370. The molecule has 0 atom stereocenters. The highest BCUT2D eigenvalue weighted by atomic mass is 79.9. The first kappa shape index (κ1) is 21.4. The number of nitrogens with zero attached hydrogens (tertiary/aromatic N) is 2. The van der Waals surface area contributed by atoms with Crippen LogP contribution in [0.25, 0.3) is 11.8 Å². The summed E-state index contributed by atoms with van der Waals surface area (Å²) >= 11 is 3.50. The molecule has 0 aliphatic heterocycles. The zero-order valence-corrected chi connectivity index (χ0v) is 18.7. The molecule has 0 bridgehead atoms. The Bertz CT molecular complexity index is 1160. The van der Waals surface area contributed by atoms with E-state index in [-0.39, 0.29) is 5.57 Å². The fraction of sp³-hybridized carbons (Fsp3) is 0.167. The van der Waals surface area contributed by atoms with Crippen LogP contribution in [0.2, 0.25) is 0 Å². The number of halogens is 1. The summed E-state index contributed by atoms with van der Waals surface area (Å²) < 4.78 is 8.53. The molecule has 0 radical (unpaired) electrons. The highest BCUT2D eigenvalue weighted by molar-refractivity contribution is 9.10. The van der Waals surface area contributed by atoms with Crippen molar-refractivity contribution in [3.8, 4) is 17.5 Å². The fourth-order valence-corrected chi connectivity index (χ4v) is 3.67. The van der Waals surface area contributed by atoms with Gasteiger partial charge in [-0.1, -0.05) is 28.1 Å². The van der Waals surface area contributed by atoms with E-state index in [0.717, 1.165) is 27.1 Å². The maximum absolute atomic E-state index is 12.7. The Morgan fingerprint density at radius 3 is 2.67 bits per heavy atom. The second-order valence-electron chi connectivity index (χ2n) is 6.73. The van der Waals surface area contributed by atoms with Gasteiger partial charge in [0, 0.05) is 33.3 Å². The van der Waals surface area contributed by atoms with Crippen LogP contribution in [0.4, 0.5) is 5.69 Å². The van der Waals surface area contributed by atoms with Gasteiger partial charge in [-0.2, -0.15) is 5.26 Å². The van der Waals surface area contributed by atoms with E-state index in [4.69, 9.17) is 4.74 Å². The number of nitriles is 1. The Balaban J connectivity index is 1.89. The maximum atomic E-state index is 12.7. The number of rotatable bonds is 6. The van der Waals surface area contributed by atoms with Gasteiger partial charge in [0.15, 0.2) is 0 Å². The molecule has 1 N–H and O–H groups in total. The molecule has 0 unspecified atom stereocenters. The van der Waals surface area contributed by atoms with Crippen LogP contribution in [-0.4, -0.2) is 17.1 Å². The molecule has 0 aliphatic carbocycles. The molecule has 0 aliphatic rings. The summed E-state index contributed by atoms with van der Waals surface area (Å²) in [6, 6.07) is 19.1. The molecule has 3 aromatic rings. The lowest BCUT2D eigenvalue weighted by Crippen LogP contribution is -2.13. The van der Waals surface area contributed by atoms with Crippen molar-refractivity contribution < 1.29 is 9.53 Å². The van der Waals surface area contributed by atoms with E-state index in [1.54, 1.807) is 24.3 Å². The van der Waals surface area contributed by atoms with Crippen LogP contribution in [-0.2, 0) is 4.79 Å². The fourth-order valence-electron chi connectivity index (χ4n) is 3.28. The maximum Gasteiger partial charge on any atom is 0.266 e. The first-order valence-electron chi connectivity index (χ1n) is 9.53. The van der Waals surface area contributed by atoms with E-state index >= 15 is 0 Å². The Hall–Kier alpha value is -3.30. The van der Waals surface area contributed by atoms with E-state index in [1.165, 1.54) is 0 Å². The Morgan fingerprint density at radius 1 is 1.20 bits per heavy atom. The van der Waals surface area contributed by atoms with E-state index in [0.29, 0.717) is 18.0 Å². The molecule has 1 aromatic heterocycles. The lowest BCUT2D eigenvalue weighted by Gasteiger charge is -2.10. The summed E-state index contributed by atoms with van der Waals surface area (Å²) in [5, 5.41) is 12.3. The van der Waals surface area contributed by atoms with Gasteiger partial charge in [-0.3, -0.25) is 4.79 Å². The summed E-state index contributed by atoms with van der Waals surface area (Å²) in [4.78, 5) is 12.7. The summed E-state index contributed by atoms with van der Waals surface area (Å²) in [6.07, 6.45) is 1.62. The number of anilines is 1. The number of amides is 1. The number of hydrogen-bond donors (Lipinski definition) is 1. The predicted octanol–water partition coefficient (Wildman–Crippen LogP) is 5.80. The van der Waals surface area contributed by atoms with Gasteiger partial charge in [0.1, 0.15) is 17.4 Å². The van der Waals surface area contributed by atoms with Gasteiger partial charge in [-0.05, 0) is 68.8 Å². The molecule has 2 aromatic carbocycles. The summed E-state index contributed by atoms with van der Waals surface area (Å²) in [6.45, 7) is 6.40. The van der Waals surface area contributed by atoms with E-state index in [2.05, 4.69) is 25.8 Å². The predicted molar refractivity (Wildman–Crippen MR) is 123 cm³/mol. The minimum atomic E-state index is -0.460. The standard InChI is InChI=1S/C24H22BrN3O2/c1-4-30-23-10-6-8-21(14-23)27-24(29)19(15-26)12-18-11-16(2)28(17(18)3)22-9-5-7-20(25)13-22/h5-14H,4H2,1-3H3,(H,27,29)/b19-12-. The molecule has 3 rings (SSSR count). The van der Waals surface area contributed by atoms with E-state index < -0.39 is 5.91 Å². The highest BCUT2D eigenvalue weighted by Gasteiger charge is 2.14. The monoisotopic (exact) mass is 463 g/mol. The molecule has 6 heteroatoms. The largest absolute Gasteiger partial charge is 0.494 e. The topological polar surface area (TPSA) is 67.0 Å². The number of aromatic nitrogens is 1. The first-order chi connectivity index (χ1) is 14.4. The summed E-state index contributed by atoms with van der Waals surface area (Å²) in [7, 11) is 0. The minimum Gasteiger partial charge on any atom is -0.494 e. The zero-order chi connectivity index (χ0) is 21.7. The van der Waals surface area contributed by atoms with Crippen molar-refractivity contribution in [2.75, 3.05) is 11.9 Å². The molecule has 152 valence electrons. The number of carbonyl (C=O) groups excluding carboxylic acids is 1. The van der Waals surface area contributed by atoms with Crippen molar-refractivity contribution in [1.82, 2.24) is 4.57 Å². The van der Waals surface area contributed by atoms with Gasteiger partial charge in [-0.15, -0.1) is 0 Å². The van der Waals surface area contributed by atoms with Crippen molar-refractivity contribution in [1.29, 1.82) is 5.26 Å². The zero-order valence-electron chi connectivity index (χ0n) is 17.1. The van der Waals surface area contributed by atoms with Gasteiger partial charge in [0.05, 0.1) is 6.61 Å². The van der Waals surface area contributed by atoms with Crippen LogP contribution in [0.1, 0.15) is 23.9 Å². The second-order valence-corrected chi connectivity index (χ2v) is 7.64. The van der Waals surface area contributed by atoms with E-state index in [1.807, 2.05) is 63.2 Å². The number of nitrogens with one attached hydrogen (secondary N) is 1. The smallest absolute Gasteiger partial charge is 0.266 e. The van der Waals surface area contributed by atoms with Crippen LogP contribution < -0.4 is 10.1 Å². The van der Waals surface area contributed by atoms with Gasteiger partial charge in [-0.25, -0.2) is 0 Å². The first-order valence-corrected chi connectivity index (χ1v) is 10.3. The molecule has 5 nitrogen and oxygen atoms in total. The van der Waals surface area contributed by atoms with Crippen molar-refractivity contribution in [2.24, 2.45) is 0 Å². The lowest BCUT2D eigenvalue weighted by atomic mass is 10.1. The number of ether oxygens (including phenoxy) is 1. The van der Waals surface area contributed by atoms with Crippen molar-refractivity contribution in [3.05, 3.63) is 81.6 Å². The molecule has 1 heterocycles. The van der Waals surface area contributed by atoms with Crippen molar-refractivity contribution in [3.63, 3.8) is 0 Å². The average molecular weight is 464 g/mol. The van der Waals surface area contributed by atoms with Crippen LogP contribution in [0.3, 0.4) is 0 Å². The lowest BCUT2D eigenvalue weighted by molar-refractivity contribution is -0.112. The van der Waals surface area contributed by atoms with Crippen LogP contribution >= 0.6 is 15.9 Å². The molecule has 0 spiro atoms. The Labute approximate surface area is 184 Å². The van der Waals surface area contributed by atoms with Gasteiger partial charge in [0.2, 0.25) is 0 Å². The number of hydrogen-bond acceptors (Lipinski definition) is 3. The molecule has 0 fully saturated rings. The molecule has 1 amide bonds. The number of carbonyl (C=O) groups is 1. The normalized spacial score (nSPS) is 11.1. The van der Waals surface area contributed by atoms with Crippen molar-refractivity contribution in [2.45, 2.75) is 20.8 Å². The van der Waals surface area contributed by atoms with Crippen LogP contribution in [0, 0.1) is 25.2 Å². The molecular weight excluding hydrogens is 442 g/mol. The van der Waals surface area contributed by atoms with Gasteiger partial charge in [0.25, 0.3) is 5.91 Å². The average Bonchev–Trinajstić information content (AvgIpc) is 2.99. The van der Waals surface area contributed by atoms with Gasteiger partial charge >= 0.3 is 0 Å². The third-order valence-corrected chi connectivity index (χ3v) is 5.10. The van der Waals surface area contributed by atoms with E-state index in [9.17, 15) is 10.1 Å². The van der Waals surface area contributed by atoms with Crippen LogP contribution in [0.5, 0.6) is 5.75 Å². The van der Waals surface area contributed by atoms with Crippen LogP contribution in [0.15, 0.2) is 64.6 Å². The van der Waals surface area contributed by atoms with Gasteiger partial charge < -0.3 is 14.6 Å². The Kier molecular flexibility index (Phi) is 6.76. The molecule has 0 saturated heterocycles. The summed E-state index contributed by atoms with van der Waals surface area (Å²) in [5.41, 5.74) is 4.40. The number of benzene rings is 2. The molecule has 30 heavy (non-hydrogen) atoms. The van der Waals surface area contributed by atoms with Crippen molar-refractivity contribution >= 4 is 33.6 Å².